The second-order valence-corrected chi connectivity index (χ2v) is 8.00. The van der Waals surface area contributed by atoms with E-state index in [0.717, 1.165) is 17.9 Å². The van der Waals surface area contributed by atoms with Crippen LogP contribution in [0.25, 0.3) is 0 Å². The molecule has 2 aliphatic rings. The Morgan fingerprint density at radius 1 is 1.08 bits per heavy atom. The van der Waals surface area contributed by atoms with Gasteiger partial charge >= 0.3 is 0 Å². The molecule has 4 heterocycles. The number of aryl methyl sites for hydroxylation is 1. The highest BCUT2D eigenvalue weighted by molar-refractivity contribution is 7.12. The zero-order chi connectivity index (χ0) is 16.1. The van der Waals surface area contributed by atoms with Crippen LogP contribution in [-0.4, -0.2) is 10.7 Å². The number of hydrogen-bond acceptors (Lipinski definition) is 5. The van der Waals surface area contributed by atoms with Crippen LogP contribution in [-0.2, 0) is 0 Å². The summed E-state index contributed by atoms with van der Waals surface area (Å²) in [7, 11) is 0. The van der Waals surface area contributed by atoms with Gasteiger partial charge in [0.1, 0.15) is 5.75 Å². The largest absolute Gasteiger partial charge is 0.464 e. The minimum Gasteiger partial charge on any atom is -0.464 e. The van der Waals surface area contributed by atoms with Crippen LogP contribution in [0.4, 0.5) is 0 Å². The molecule has 0 radical (unpaired) electrons. The number of hydrogen-bond donors (Lipinski definition) is 0. The van der Waals surface area contributed by atoms with Crippen molar-refractivity contribution < 1.29 is 4.74 Å². The lowest BCUT2D eigenvalue weighted by Gasteiger charge is -2.37. The Labute approximate surface area is 148 Å². The van der Waals surface area contributed by atoms with Crippen LogP contribution in [0.2, 0.25) is 0 Å². The predicted octanol–water partition coefficient (Wildman–Crippen LogP) is 5.36. The van der Waals surface area contributed by atoms with Gasteiger partial charge in [-0.15, -0.1) is 22.7 Å². The van der Waals surface area contributed by atoms with Gasteiger partial charge in [0.25, 0.3) is 0 Å². The average Bonchev–Trinajstić information content (AvgIpc) is 3.34. The predicted molar refractivity (Wildman–Crippen MR) is 98.9 cm³/mol. The molecule has 0 amide bonds. The van der Waals surface area contributed by atoms with E-state index in [1.54, 1.807) is 22.7 Å². The summed E-state index contributed by atoms with van der Waals surface area (Å²) in [6, 6.07) is 15.0. The van der Waals surface area contributed by atoms with E-state index in [9.17, 15) is 0 Å². The van der Waals surface area contributed by atoms with Gasteiger partial charge in [0.15, 0.2) is 0 Å². The molecule has 2 aliphatic heterocycles. The second kappa shape index (κ2) is 5.46. The molecular formula is C19H16N2OS2. The standard InChI is InChI=1S/C19H16N2OS2/c1-12-8-10-24-18(12)19-21-15(13-5-2-3-6-16(13)22-19)11-14(20-21)17-7-4-9-23-17/h2-10,15,19H,11H2,1H3/t15-,19-/m1/s1. The van der Waals surface area contributed by atoms with Crippen molar-refractivity contribution in [2.24, 2.45) is 5.10 Å². The zero-order valence-electron chi connectivity index (χ0n) is 13.2. The van der Waals surface area contributed by atoms with Crippen molar-refractivity contribution in [2.75, 3.05) is 0 Å². The Morgan fingerprint density at radius 2 is 2.00 bits per heavy atom. The first kappa shape index (κ1) is 14.3. The van der Waals surface area contributed by atoms with Gasteiger partial charge in [-0.25, -0.2) is 5.01 Å². The molecule has 3 aromatic rings. The third-order valence-electron chi connectivity index (χ3n) is 4.63. The Morgan fingerprint density at radius 3 is 2.79 bits per heavy atom. The van der Waals surface area contributed by atoms with E-state index in [0.29, 0.717) is 0 Å². The first-order chi connectivity index (χ1) is 11.8. The van der Waals surface area contributed by atoms with Crippen molar-refractivity contribution in [1.82, 2.24) is 5.01 Å². The highest BCUT2D eigenvalue weighted by Crippen LogP contribution is 2.48. The number of hydrazone groups is 1. The number of para-hydroxylation sites is 1. The van der Waals surface area contributed by atoms with Crippen molar-refractivity contribution >= 4 is 28.4 Å². The summed E-state index contributed by atoms with van der Waals surface area (Å²) in [5.41, 5.74) is 3.66. The maximum atomic E-state index is 6.37. The van der Waals surface area contributed by atoms with E-state index in [4.69, 9.17) is 9.84 Å². The molecule has 0 fully saturated rings. The number of benzene rings is 1. The third kappa shape index (κ3) is 2.12. The summed E-state index contributed by atoms with van der Waals surface area (Å²) < 4.78 is 6.37. The van der Waals surface area contributed by atoms with Gasteiger partial charge < -0.3 is 4.74 Å². The molecule has 2 aromatic heterocycles. The van der Waals surface area contributed by atoms with Crippen LogP contribution in [0, 0.1) is 6.92 Å². The zero-order valence-corrected chi connectivity index (χ0v) is 14.8. The molecule has 0 saturated heterocycles. The lowest BCUT2D eigenvalue weighted by molar-refractivity contribution is -0.0169. The summed E-state index contributed by atoms with van der Waals surface area (Å²) in [6.45, 7) is 2.14. The molecule has 1 aromatic carbocycles. The van der Waals surface area contributed by atoms with Crippen molar-refractivity contribution in [3.05, 3.63) is 74.1 Å². The van der Waals surface area contributed by atoms with Gasteiger partial charge in [0, 0.05) is 12.0 Å². The SMILES string of the molecule is Cc1ccsc1[C@H]1Oc2ccccc2[C@H]2CC(c3cccs3)=NN21. The van der Waals surface area contributed by atoms with Gasteiger partial charge in [-0.2, -0.15) is 5.10 Å². The Balaban J connectivity index is 1.63. The van der Waals surface area contributed by atoms with Crippen molar-refractivity contribution in [2.45, 2.75) is 25.6 Å². The lowest BCUT2D eigenvalue weighted by Crippen LogP contribution is -2.33. The van der Waals surface area contributed by atoms with Gasteiger partial charge in [-0.1, -0.05) is 24.3 Å². The molecule has 2 atom stereocenters. The first-order valence-electron chi connectivity index (χ1n) is 8.00. The molecule has 5 rings (SSSR count). The molecular weight excluding hydrogens is 336 g/mol. The van der Waals surface area contributed by atoms with E-state index >= 15 is 0 Å². The molecule has 120 valence electrons. The highest BCUT2D eigenvalue weighted by atomic mass is 32.1. The summed E-state index contributed by atoms with van der Waals surface area (Å²) in [5, 5.41) is 11.4. The van der Waals surface area contributed by atoms with Crippen LogP contribution < -0.4 is 4.74 Å². The van der Waals surface area contributed by atoms with Crippen LogP contribution in [0.1, 0.15) is 39.6 Å². The molecule has 24 heavy (non-hydrogen) atoms. The summed E-state index contributed by atoms with van der Waals surface area (Å²) in [6.07, 6.45) is 0.796. The summed E-state index contributed by atoms with van der Waals surface area (Å²) >= 11 is 3.50. The van der Waals surface area contributed by atoms with E-state index < -0.39 is 0 Å². The van der Waals surface area contributed by atoms with Crippen molar-refractivity contribution in [1.29, 1.82) is 0 Å². The van der Waals surface area contributed by atoms with Crippen molar-refractivity contribution in [3.8, 4) is 5.75 Å². The molecule has 3 nitrogen and oxygen atoms in total. The number of rotatable bonds is 2. The fraction of sp³-hybridized carbons (Fsp3) is 0.211. The molecule has 0 bridgehead atoms. The van der Waals surface area contributed by atoms with E-state index in [1.165, 1.54) is 20.9 Å². The third-order valence-corrected chi connectivity index (χ3v) is 6.60. The van der Waals surface area contributed by atoms with Crippen molar-refractivity contribution in [3.63, 3.8) is 0 Å². The van der Waals surface area contributed by atoms with Crippen LogP contribution in [0.15, 0.2) is 58.3 Å². The topological polar surface area (TPSA) is 24.8 Å². The highest BCUT2D eigenvalue weighted by Gasteiger charge is 2.41. The Kier molecular flexibility index (Phi) is 3.24. The molecule has 0 saturated carbocycles. The number of thiophene rings is 2. The lowest BCUT2D eigenvalue weighted by atomic mass is 9.98. The maximum Gasteiger partial charge on any atom is 0.223 e. The molecule has 0 spiro atoms. The fourth-order valence-electron chi connectivity index (χ4n) is 3.44. The van der Waals surface area contributed by atoms with Gasteiger partial charge in [0.05, 0.1) is 21.5 Å². The Hall–Kier alpha value is -2.11. The smallest absolute Gasteiger partial charge is 0.223 e. The van der Waals surface area contributed by atoms with Crippen LogP contribution in [0.3, 0.4) is 0 Å². The molecule has 0 aliphatic carbocycles. The quantitative estimate of drug-likeness (QED) is 0.620. The van der Waals surface area contributed by atoms with E-state index in [2.05, 4.69) is 59.1 Å². The molecule has 0 unspecified atom stereocenters. The maximum absolute atomic E-state index is 6.37. The van der Waals surface area contributed by atoms with Gasteiger partial charge in [-0.05, 0) is 41.4 Å². The van der Waals surface area contributed by atoms with E-state index in [1.807, 2.05) is 6.07 Å². The first-order valence-corrected chi connectivity index (χ1v) is 9.76. The van der Waals surface area contributed by atoms with Gasteiger partial charge in [0.2, 0.25) is 6.23 Å². The monoisotopic (exact) mass is 352 g/mol. The summed E-state index contributed by atoms with van der Waals surface area (Å²) in [5.74, 6) is 0.985. The minimum absolute atomic E-state index is 0.137. The number of ether oxygens (including phenoxy) is 1. The van der Waals surface area contributed by atoms with Crippen LogP contribution >= 0.6 is 22.7 Å². The van der Waals surface area contributed by atoms with E-state index in [-0.39, 0.29) is 12.3 Å². The number of nitrogens with zero attached hydrogens (tertiary/aromatic N) is 2. The normalized spacial score (nSPS) is 21.9. The van der Waals surface area contributed by atoms with Gasteiger partial charge in [-0.3, -0.25) is 0 Å². The Bertz CT molecular complexity index is 913. The second-order valence-electron chi connectivity index (χ2n) is 6.10. The average molecular weight is 352 g/mol. The summed E-state index contributed by atoms with van der Waals surface area (Å²) in [4.78, 5) is 2.49. The fourth-order valence-corrected chi connectivity index (χ4v) is 5.10. The molecule has 0 N–H and O–H groups in total. The van der Waals surface area contributed by atoms with Crippen LogP contribution in [0.5, 0.6) is 5.75 Å². The minimum atomic E-state index is -0.137. The molecule has 5 heteroatoms. The number of fused-ring (bicyclic) bond motifs is 3.